The number of β-lactam (4-membered cyclic amide) rings is 1. The number of fused-ring (bicyclic) bond motifs is 1. The molecule has 0 saturated carbocycles. The van der Waals surface area contributed by atoms with E-state index in [0.717, 1.165) is 11.3 Å². The first-order valence-corrected chi connectivity index (χ1v) is 11.5. The summed E-state index contributed by atoms with van der Waals surface area (Å²) in [5, 5.41) is 27.7. The van der Waals surface area contributed by atoms with Crippen LogP contribution >= 0.6 is 23.1 Å². The van der Waals surface area contributed by atoms with Gasteiger partial charge in [-0.25, -0.2) is 9.78 Å². The van der Waals surface area contributed by atoms with E-state index in [0.29, 0.717) is 5.56 Å². The number of carboxylic acids is 1. The molecular formula is C21H20N5NaO5S2. The van der Waals surface area contributed by atoms with Crippen molar-refractivity contribution < 1.29 is 54.2 Å². The first kappa shape index (κ1) is 26.2. The van der Waals surface area contributed by atoms with Gasteiger partial charge in [0.2, 0.25) is 0 Å². The van der Waals surface area contributed by atoms with E-state index in [-0.39, 0.29) is 51.9 Å². The minimum Gasteiger partial charge on any atom is -0.857 e. The SMILES string of the molecule is C=C(O/N=C(/C([O-])=N[C@@H]1C(=O)N2[C@@H]1SC(C)(C)[C@@H]2C(=O)O)c1csc(N)n1)c1ccccc1.[Na+]. The topological polar surface area (TPSA) is 154 Å². The van der Waals surface area contributed by atoms with Crippen LogP contribution in [-0.4, -0.2) is 60.7 Å². The third-order valence-electron chi connectivity index (χ3n) is 5.21. The van der Waals surface area contributed by atoms with E-state index in [9.17, 15) is 19.8 Å². The predicted molar refractivity (Wildman–Crippen MR) is 125 cm³/mol. The van der Waals surface area contributed by atoms with Gasteiger partial charge in [0.05, 0.1) is 0 Å². The molecule has 0 bridgehead atoms. The van der Waals surface area contributed by atoms with Crippen molar-refractivity contribution in [2.24, 2.45) is 10.1 Å². The Balaban J connectivity index is 0.00000324. The first-order chi connectivity index (χ1) is 15.6. The van der Waals surface area contributed by atoms with Crippen LogP contribution in [-0.2, 0) is 14.4 Å². The third-order valence-corrected chi connectivity index (χ3v) is 7.44. The van der Waals surface area contributed by atoms with Gasteiger partial charge < -0.3 is 25.7 Å². The van der Waals surface area contributed by atoms with E-state index >= 15 is 0 Å². The molecule has 3 atom stereocenters. The molecule has 2 saturated heterocycles. The number of oxime groups is 1. The fourth-order valence-electron chi connectivity index (χ4n) is 3.67. The zero-order valence-electron chi connectivity index (χ0n) is 18.7. The number of hydrogen-bond acceptors (Lipinski definition) is 10. The second-order valence-electron chi connectivity index (χ2n) is 7.87. The molecule has 4 rings (SSSR count). The standard InChI is InChI=1S/C21H21N5O5S2.Na/c1-10(11-7-5-4-6-8-11)31-25-13(12-9-32-20(22)23-12)16(27)24-14-17(28)26-15(19(29)30)21(2,3)33-18(14)26;/h4-9,14-15,18H,1H2,2-3H3,(H2,22,23)(H,24,27)(H,29,30);/q;+1/p-1/b25-13+;/t14-,15+,18-;/m1./s1. The number of carbonyl (C=O) groups excluding carboxylic acids is 1. The van der Waals surface area contributed by atoms with Crippen LogP contribution in [0.1, 0.15) is 25.1 Å². The number of carboxylic acid groups (broad SMARTS) is 1. The Hall–Kier alpha value is -2.38. The molecule has 2 aromatic rings. The minimum atomic E-state index is -1.10. The molecule has 1 aromatic heterocycles. The Kier molecular flexibility index (Phi) is 7.78. The molecule has 34 heavy (non-hydrogen) atoms. The van der Waals surface area contributed by atoms with Crippen molar-refractivity contribution in [2.45, 2.75) is 36.1 Å². The smallest absolute Gasteiger partial charge is 0.857 e. The largest absolute Gasteiger partial charge is 1.00 e. The van der Waals surface area contributed by atoms with Gasteiger partial charge in [-0.3, -0.25) is 9.79 Å². The molecule has 13 heteroatoms. The number of carbonyl (C=O) groups is 2. The third kappa shape index (κ3) is 4.86. The number of rotatable bonds is 7. The monoisotopic (exact) mass is 509 g/mol. The number of aliphatic carboxylic acids is 1. The second kappa shape index (κ2) is 10.1. The number of aromatic nitrogens is 1. The van der Waals surface area contributed by atoms with Crippen LogP contribution in [0.2, 0.25) is 0 Å². The Morgan fingerprint density at radius 1 is 1.35 bits per heavy atom. The van der Waals surface area contributed by atoms with Gasteiger partial charge in [0.25, 0.3) is 5.91 Å². The van der Waals surface area contributed by atoms with Crippen LogP contribution in [0.15, 0.2) is 52.4 Å². The van der Waals surface area contributed by atoms with E-state index in [1.165, 1.54) is 22.0 Å². The van der Waals surface area contributed by atoms with Crippen LogP contribution in [0.3, 0.4) is 0 Å². The van der Waals surface area contributed by atoms with Crippen molar-refractivity contribution in [2.75, 3.05) is 5.73 Å². The Morgan fingerprint density at radius 3 is 2.62 bits per heavy atom. The quantitative estimate of drug-likeness (QED) is 0.113. The van der Waals surface area contributed by atoms with Crippen molar-refractivity contribution in [3.05, 3.63) is 53.5 Å². The second-order valence-corrected chi connectivity index (χ2v) is 10.5. The van der Waals surface area contributed by atoms with Crippen LogP contribution in [0.25, 0.3) is 5.76 Å². The average molecular weight is 510 g/mol. The van der Waals surface area contributed by atoms with Gasteiger partial charge in [0, 0.05) is 21.6 Å². The zero-order valence-corrected chi connectivity index (χ0v) is 22.3. The van der Waals surface area contributed by atoms with Crippen LogP contribution in [0.4, 0.5) is 5.13 Å². The van der Waals surface area contributed by atoms with Crippen LogP contribution in [0, 0.1) is 0 Å². The number of anilines is 1. The van der Waals surface area contributed by atoms with Gasteiger partial charge in [-0.1, -0.05) is 42.1 Å². The van der Waals surface area contributed by atoms with Crippen molar-refractivity contribution in [1.29, 1.82) is 0 Å². The number of hydrogen-bond donors (Lipinski definition) is 2. The maximum absolute atomic E-state index is 13.0. The number of nitrogens with zero attached hydrogens (tertiary/aromatic N) is 4. The van der Waals surface area contributed by atoms with E-state index in [1.807, 2.05) is 6.07 Å². The molecule has 0 spiro atoms. The number of thioether (sulfide) groups is 1. The molecule has 3 N–H and O–H groups in total. The van der Waals surface area contributed by atoms with Crippen LogP contribution < -0.4 is 40.4 Å². The summed E-state index contributed by atoms with van der Waals surface area (Å²) in [5.41, 5.74) is 6.28. The molecule has 0 unspecified atom stereocenters. The molecule has 1 aromatic carbocycles. The summed E-state index contributed by atoms with van der Waals surface area (Å²) in [6.07, 6.45) is 0. The van der Waals surface area contributed by atoms with Crippen LogP contribution in [0.5, 0.6) is 0 Å². The van der Waals surface area contributed by atoms with Crippen molar-refractivity contribution in [1.82, 2.24) is 9.88 Å². The summed E-state index contributed by atoms with van der Waals surface area (Å²) in [4.78, 5) is 39.1. The van der Waals surface area contributed by atoms with Crippen molar-refractivity contribution >= 4 is 57.5 Å². The molecule has 2 fully saturated rings. The van der Waals surface area contributed by atoms with E-state index < -0.39 is 40.0 Å². The predicted octanol–water partition coefficient (Wildman–Crippen LogP) is -1.60. The van der Waals surface area contributed by atoms with Gasteiger partial charge in [-0.2, -0.15) is 0 Å². The van der Waals surface area contributed by atoms with E-state index in [2.05, 4.69) is 21.7 Å². The fraction of sp³-hybridized carbons (Fsp3) is 0.286. The summed E-state index contributed by atoms with van der Waals surface area (Å²) >= 11 is 2.40. The van der Waals surface area contributed by atoms with Gasteiger partial charge in [0.15, 0.2) is 16.9 Å². The molecular weight excluding hydrogens is 489 g/mol. The Morgan fingerprint density at radius 2 is 2.03 bits per heavy atom. The molecule has 2 aliphatic rings. The number of thiazole rings is 1. The zero-order chi connectivity index (χ0) is 23.9. The normalized spacial score (nSPS) is 23.5. The molecule has 10 nitrogen and oxygen atoms in total. The molecule has 0 radical (unpaired) electrons. The molecule has 0 aliphatic carbocycles. The summed E-state index contributed by atoms with van der Waals surface area (Å²) < 4.78 is -0.726. The number of amides is 1. The molecule has 3 heterocycles. The van der Waals surface area contributed by atoms with E-state index in [4.69, 9.17) is 10.6 Å². The number of benzene rings is 1. The summed E-state index contributed by atoms with van der Waals surface area (Å²) in [7, 11) is 0. The van der Waals surface area contributed by atoms with Crippen molar-refractivity contribution in [3.63, 3.8) is 0 Å². The molecule has 2 aliphatic heterocycles. The number of aliphatic imine (C=N–C) groups is 1. The maximum Gasteiger partial charge on any atom is 1.00 e. The molecule has 172 valence electrons. The van der Waals surface area contributed by atoms with E-state index in [1.54, 1.807) is 38.1 Å². The van der Waals surface area contributed by atoms with Gasteiger partial charge in [-0.15, -0.1) is 23.1 Å². The minimum absolute atomic E-state index is 0. The van der Waals surface area contributed by atoms with Crippen molar-refractivity contribution in [3.8, 4) is 0 Å². The maximum atomic E-state index is 13.0. The van der Waals surface area contributed by atoms with Gasteiger partial charge in [0.1, 0.15) is 22.8 Å². The average Bonchev–Trinajstić information content (AvgIpc) is 3.31. The Bertz CT molecular complexity index is 1180. The molecule has 1 amide bonds. The number of nitrogen functional groups attached to an aromatic ring is 1. The fourth-order valence-corrected chi connectivity index (χ4v) is 5.83. The van der Waals surface area contributed by atoms with Gasteiger partial charge in [-0.05, 0) is 13.8 Å². The summed E-state index contributed by atoms with van der Waals surface area (Å²) in [6.45, 7) is 7.30. The Labute approximate surface area is 225 Å². The summed E-state index contributed by atoms with van der Waals surface area (Å²) in [6, 6.07) is 6.95. The summed E-state index contributed by atoms with van der Waals surface area (Å²) in [5.74, 6) is -2.24. The first-order valence-electron chi connectivity index (χ1n) is 9.79. The van der Waals surface area contributed by atoms with Gasteiger partial charge >= 0.3 is 35.5 Å². The number of nitrogens with two attached hydrogens (primary N) is 1.